The van der Waals surface area contributed by atoms with Gasteiger partial charge in [-0.1, -0.05) is 31.4 Å². The van der Waals surface area contributed by atoms with Crippen LogP contribution in [0.4, 0.5) is 0 Å². The molecule has 0 aromatic heterocycles. The number of carbonyl (C=O) groups is 2. The third-order valence-electron chi connectivity index (χ3n) is 4.20. The molecule has 0 atom stereocenters. The molecule has 1 saturated carbocycles. The normalized spacial score (nSPS) is 21.6. The summed E-state index contributed by atoms with van der Waals surface area (Å²) in [6, 6.07) is 6.98. The summed E-state index contributed by atoms with van der Waals surface area (Å²) in [5, 5.41) is 0. The molecule has 2 aliphatic rings. The van der Waals surface area contributed by atoms with Crippen LogP contribution in [0.5, 0.6) is 0 Å². The molecule has 1 aliphatic heterocycles. The summed E-state index contributed by atoms with van der Waals surface area (Å²) in [6.45, 7) is 0.347. The summed E-state index contributed by atoms with van der Waals surface area (Å²) in [7, 11) is 0. The first-order valence-electron chi connectivity index (χ1n) is 6.85. The molecule has 2 N–H and O–H groups in total. The van der Waals surface area contributed by atoms with E-state index in [1.165, 1.54) is 11.3 Å². The molecule has 0 radical (unpaired) electrons. The summed E-state index contributed by atoms with van der Waals surface area (Å²) < 4.78 is 0. The average Bonchev–Trinajstić information content (AvgIpc) is 2.65. The minimum atomic E-state index is -0.397. The summed E-state index contributed by atoms with van der Waals surface area (Å²) in [5.41, 5.74) is 6.97. The van der Waals surface area contributed by atoms with E-state index in [2.05, 4.69) is 0 Å². The van der Waals surface area contributed by atoms with E-state index in [-0.39, 0.29) is 11.8 Å². The third kappa shape index (κ3) is 2.06. The number of nitrogens with two attached hydrogens (primary N) is 1. The standard InChI is InChI=1S/C15H18N2O2/c16-15(8-4-1-5-9-15)10-17-13(18)11-6-2-3-7-12(11)14(17)19/h2-3,6-7H,1,4-5,8-10,16H2. The molecule has 4 nitrogen and oxygen atoms in total. The lowest BCUT2D eigenvalue weighted by molar-refractivity contribution is 0.0597. The molecule has 1 aromatic rings. The number of rotatable bonds is 2. The predicted molar refractivity (Wildman–Crippen MR) is 71.8 cm³/mol. The second kappa shape index (κ2) is 4.46. The Labute approximate surface area is 112 Å². The van der Waals surface area contributed by atoms with Gasteiger partial charge in [0.1, 0.15) is 0 Å². The maximum Gasteiger partial charge on any atom is 0.261 e. The minimum Gasteiger partial charge on any atom is -0.324 e. The molecule has 4 heteroatoms. The molecule has 1 heterocycles. The van der Waals surface area contributed by atoms with Crippen molar-refractivity contribution in [3.63, 3.8) is 0 Å². The zero-order chi connectivity index (χ0) is 13.5. The fraction of sp³-hybridized carbons (Fsp3) is 0.467. The fourth-order valence-electron chi connectivity index (χ4n) is 3.11. The highest BCUT2D eigenvalue weighted by Gasteiger charge is 2.40. The fourth-order valence-corrected chi connectivity index (χ4v) is 3.11. The topological polar surface area (TPSA) is 63.4 Å². The Morgan fingerprint density at radius 1 is 1.00 bits per heavy atom. The number of hydrogen-bond acceptors (Lipinski definition) is 3. The third-order valence-corrected chi connectivity index (χ3v) is 4.20. The van der Waals surface area contributed by atoms with Gasteiger partial charge in [-0.25, -0.2) is 0 Å². The summed E-state index contributed by atoms with van der Waals surface area (Å²) >= 11 is 0. The van der Waals surface area contributed by atoms with E-state index in [1.807, 2.05) is 0 Å². The second-order valence-corrected chi connectivity index (χ2v) is 5.67. The van der Waals surface area contributed by atoms with Crippen LogP contribution in [0.3, 0.4) is 0 Å². The second-order valence-electron chi connectivity index (χ2n) is 5.67. The van der Waals surface area contributed by atoms with Crippen molar-refractivity contribution in [1.29, 1.82) is 0 Å². The molecule has 3 rings (SSSR count). The first kappa shape index (κ1) is 12.4. The number of imide groups is 1. The molecule has 0 bridgehead atoms. The highest BCUT2D eigenvalue weighted by atomic mass is 16.2. The molecular formula is C15H18N2O2. The van der Waals surface area contributed by atoms with Crippen LogP contribution in [-0.4, -0.2) is 28.8 Å². The van der Waals surface area contributed by atoms with Gasteiger partial charge < -0.3 is 5.73 Å². The van der Waals surface area contributed by atoms with Crippen molar-refractivity contribution >= 4 is 11.8 Å². The van der Waals surface area contributed by atoms with Crippen LogP contribution >= 0.6 is 0 Å². The first-order valence-corrected chi connectivity index (χ1v) is 6.85. The van der Waals surface area contributed by atoms with Gasteiger partial charge in [0.25, 0.3) is 11.8 Å². The summed E-state index contributed by atoms with van der Waals surface area (Å²) in [4.78, 5) is 25.9. The number of amides is 2. The Morgan fingerprint density at radius 2 is 1.53 bits per heavy atom. The number of fused-ring (bicyclic) bond motifs is 1. The molecule has 2 amide bonds. The Hall–Kier alpha value is -1.68. The van der Waals surface area contributed by atoms with Crippen molar-refractivity contribution in [2.45, 2.75) is 37.6 Å². The first-order chi connectivity index (χ1) is 9.11. The Balaban J connectivity index is 1.84. The van der Waals surface area contributed by atoms with Crippen molar-refractivity contribution in [2.75, 3.05) is 6.54 Å². The largest absolute Gasteiger partial charge is 0.324 e. The molecule has 0 saturated heterocycles. The Kier molecular flexibility index (Phi) is 2.90. The molecule has 19 heavy (non-hydrogen) atoms. The highest BCUT2D eigenvalue weighted by Crippen LogP contribution is 2.30. The monoisotopic (exact) mass is 258 g/mol. The zero-order valence-electron chi connectivity index (χ0n) is 10.9. The average molecular weight is 258 g/mol. The van der Waals surface area contributed by atoms with Gasteiger partial charge in [-0.2, -0.15) is 0 Å². The Bertz CT molecular complexity index is 498. The molecule has 1 fully saturated rings. The Morgan fingerprint density at radius 3 is 2.05 bits per heavy atom. The van der Waals surface area contributed by atoms with Gasteiger partial charge in [-0.15, -0.1) is 0 Å². The van der Waals surface area contributed by atoms with Gasteiger partial charge in [0.2, 0.25) is 0 Å². The van der Waals surface area contributed by atoms with Gasteiger partial charge in [-0.05, 0) is 25.0 Å². The number of nitrogens with zero attached hydrogens (tertiary/aromatic N) is 1. The molecular weight excluding hydrogens is 240 g/mol. The maximum absolute atomic E-state index is 12.3. The maximum atomic E-state index is 12.3. The van der Waals surface area contributed by atoms with E-state index < -0.39 is 5.54 Å². The molecule has 1 aliphatic carbocycles. The van der Waals surface area contributed by atoms with Crippen LogP contribution in [0.2, 0.25) is 0 Å². The van der Waals surface area contributed by atoms with Gasteiger partial charge in [-0.3, -0.25) is 14.5 Å². The van der Waals surface area contributed by atoms with Crippen molar-refractivity contribution in [2.24, 2.45) is 5.73 Å². The van der Waals surface area contributed by atoms with E-state index in [0.29, 0.717) is 17.7 Å². The summed E-state index contributed by atoms with van der Waals surface area (Å²) in [5.74, 6) is -0.396. The van der Waals surface area contributed by atoms with E-state index in [9.17, 15) is 9.59 Å². The predicted octanol–water partition coefficient (Wildman–Crippen LogP) is 1.94. The zero-order valence-corrected chi connectivity index (χ0v) is 10.9. The molecule has 1 aromatic carbocycles. The quantitative estimate of drug-likeness (QED) is 0.825. The highest BCUT2D eigenvalue weighted by molar-refractivity contribution is 6.21. The molecule has 0 unspecified atom stereocenters. The van der Waals surface area contributed by atoms with E-state index in [0.717, 1.165) is 25.7 Å². The van der Waals surface area contributed by atoms with Crippen molar-refractivity contribution in [3.8, 4) is 0 Å². The lowest BCUT2D eigenvalue weighted by atomic mass is 9.82. The molecule has 100 valence electrons. The summed E-state index contributed by atoms with van der Waals surface area (Å²) in [6.07, 6.45) is 5.14. The van der Waals surface area contributed by atoms with Crippen LogP contribution < -0.4 is 5.73 Å². The van der Waals surface area contributed by atoms with E-state index in [1.54, 1.807) is 24.3 Å². The van der Waals surface area contributed by atoms with Crippen molar-refractivity contribution < 1.29 is 9.59 Å². The van der Waals surface area contributed by atoms with Crippen LogP contribution in [0, 0.1) is 0 Å². The van der Waals surface area contributed by atoms with Crippen molar-refractivity contribution in [3.05, 3.63) is 35.4 Å². The molecule has 0 spiro atoms. The van der Waals surface area contributed by atoms with Crippen LogP contribution in [0.15, 0.2) is 24.3 Å². The van der Waals surface area contributed by atoms with Gasteiger partial charge in [0.05, 0.1) is 11.1 Å². The van der Waals surface area contributed by atoms with Gasteiger partial charge >= 0.3 is 0 Å². The van der Waals surface area contributed by atoms with Crippen LogP contribution in [0.1, 0.15) is 52.8 Å². The van der Waals surface area contributed by atoms with E-state index >= 15 is 0 Å². The van der Waals surface area contributed by atoms with Crippen molar-refractivity contribution in [1.82, 2.24) is 4.90 Å². The smallest absolute Gasteiger partial charge is 0.261 e. The number of carbonyl (C=O) groups excluding carboxylic acids is 2. The van der Waals surface area contributed by atoms with Crippen LogP contribution in [-0.2, 0) is 0 Å². The van der Waals surface area contributed by atoms with Gasteiger partial charge in [0, 0.05) is 12.1 Å². The number of hydrogen-bond donors (Lipinski definition) is 1. The lowest BCUT2D eigenvalue weighted by Gasteiger charge is -2.35. The van der Waals surface area contributed by atoms with Gasteiger partial charge in [0.15, 0.2) is 0 Å². The number of benzene rings is 1. The van der Waals surface area contributed by atoms with Crippen LogP contribution in [0.25, 0.3) is 0 Å². The SMILES string of the molecule is NC1(CN2C(=O)c3ccccc3C2=O)CCCCC1. The minimum absolute atomic E-state index is 0.198. The lowest BCUT2D eigenvalue weighted by Crippen LogP contribution is -2.52. The van der Waals surface area contributed by atoms with E-state index in [4.69, 9.17) is 5.73 Å².